The fraction of sp³-hybridized carbons (Fsp3) is 0.526. The van der Waals surface area contributed by atoms with E-state index in [1.54, 1.807) is 25.1 Å². The van der Waals surface area contributed by atoms with Crippen molar-refractivity contribution in [2.24, 2.45) is 5.92 Å². The van der Waals surface area contributed by atoms with Crippen molar-refractivity contribution in [2.75, 3.05) is 6.61 Å². The molecule has 6 heteroatoms. The molecule has 0 bridgehead atoms. The Morgan fingerprint density at radius 1 is 1.32 bits per heavy atom. The van der Waals surface area contributed by atoms with Gasteiger partial charge in [0, 0.05) is 11.1 Å². The van der Waals surface area contributed by atoms with Gasteiger partial charge in [-0.2, -0.15) is 0 Å². The van der Waals surface area contributed by atoms with Crippen molar-refractivity contribution in [1.82, 2.24) is 10.2 Å². The maximum atomic E-state index is 12.8. The molecule has 0 spiro atoms. The van der Waals surface area contributed by atoms with E-state index in [1.165, 1.54) is 11.8 Å². The second-order valence-corrected chi connectivity index (χ2v) is 7.06. The van der Waals surface area contributed by atoms with Crippen molar-refractivity contribution in [3.8, 4) is 5.75 Å². The van der Waals surface area contributed by atoms with Crippen LogP contribution in [0.5, 0.6) is 5.75 Å². The Morgan fingerprint density at radius 3 is 2.56 bits per heavy atom. The highest BCUT2D eigenvalue weighted by Crippen LogP contribution is 2.29. The van der Waals surface area contributed by atoms with Gasteiger partial charge in [-0.1, -0.05) is 13.8 Å². The SMILES string of the molecule is CCOc1ccc(C(C)=O)cc1CN1C(=O)NC(C)(CC(C)C)C1=O. The van der Waals surface area contributed by atoms with Gasteiger partial charge >= 0.3 is 6.03 Å². The van der Waals surface area contributed by atoms with Gasteiger partial charge in [0.1, 0.15) is 11.3 Å². The zero-order chi connectivity index (χ0) is 18.8. The van der Waals surface area contributed by atoms with Crippen LogP contribution in [0.15, 0.2) is 18.2 Å². The van der Waals surface area contributed by atoms with E-state index in [0.29, 0.717) is 29.9 Å². The van der Waals surface area contributed by atoms with Crippen molar-refractivity contribution in [2.45, 2.75) is 53.1 Å². The molecule has 2 rings (SSSR count). The molecule has 1 fully saturated rings. The zero-order valence-corrected chi connectivity index (χ0v) is 15.5. The van der Waals surface area contributed by atoms with Gasteiger partial charge in [0.2, 0.25) is 0 Å². The molecule has 1 aliphatic heterocycles. The quantitative estimate of drug-likeness (QED) is 0.608. The molecule has 1 unspecified atom stereocenters. The van der Waals surface area contributed by atoms with Crippen LogP contribution < -0.4 is 10.1 Å². The first-order valence-electron chi connectivity index (χ1n) is 8.58. The predicted molar refractivity (Wildman–Crippen MR) is 94.6 cm³/mol. The number of benzene rings is 1. The normalized spacial score (nSPS) is 20.2. The molecule has 25 heavy (non-hydrogen) atoms. The van der Waals surface area contributed by atoms with Gasteiger partial charge in [0.05, 0.1) is 13.2 Å². The first kappa shape index (κ1) is 19.0. The number of rotatable bonds is 7. The fourth-order valence-electron chi connectivity index (χ4n) is 3.23. The second kappa shape index (κ2) is 7.25. The smallest absolute Gasteiger partial charge is 0.325 e. The summed E-state index contributed by atoms with van der Waals surface area (Å²) in [5.41, 5.74) is 0.275. The number of Topliss-reactive ketones (excluding diaryl/α,β-unsaturated/α-hetero) is 1. The molecular weight excluding hydrogens is 320 g/mol. The summed E-state index contributed by atoms with van der Waals surface area (Å²) in [6.07, 6.45) is 0.569. The van der Waals surface area contributed by atoms with Gasteiger partial charge < -0.3 is 10.1 Å². The van der Waals surface area contributed by atoms with Crippen LogP contribution in [0, 0.1) is 5.92 Å². The molecule has 1 N–H and O–H groups in total. The van der Waals surface area contributed by atoms with E-state index in [4.69, 9.17) is 4.74 Å². The van der Waals surface area contributed by atoms with Crippen molar-refractivity contribution in [3.05, 3.63) is 29.3 Å². The molecular formula is C19H26N2O4. The number of carbonyl (C=O) groups is 3. The summed E-state index contributed by atoms with van der Waals surface area (Å²) in [5, 5.41) is 2.80. The molecule has 1 atom stereocenters. The molecule has 0 aliphatic carbocycles. The molecule has 0 aromatic heterocycles. The molecule has 1 aromatic carbocycles. The van der Waals surface area contributed by atoms with E-state index in [2.05, 4.69) is 5.32 Å². The maximum absolute atomic E-state index is 12.8. The highest BCUT2D eigenvalue weighted by Gasteiger charge is 2.47. The Hall–Kier alpha value is -2.37. The first-order valence-corrected chi connectivity index (χ1v) is 8.58. The number of ketones is 1. The minimum atomic E-state index is -0.894. The maximum Gasteiger partial charge on any atom is 0.325 e. The lowest BCUT2D eigenvalue weighted by Gasteiger charge is -2.23. The van der Waals surface area contributed by atoms with Crippen molar-refractivity contribution < 1.29 is 19.1 Å². The summed E-state index contributed by atoms with van der Waals surface area (Å²) in [7, 11) is 0. The third-order valence-electron chi connectivity index (χ3n) is 4.26. The molecule has 1 aliphatic rings. The number of urea groups is 1. The molecule has 3 amide bonds. The van der Waals surface area contributed by atoms with Crippen molar-refractivity contribution in [1.29, 1.82) is 0 Å². The van der Waals surface area contributed by atoms with E-state index in [9.17, 15) is 14.4 Å². The predicted octanol–water partition coefficient (Wildman–Crippen LogP) is 3.14. The minimum Gasteiger partial charge on any atom is -0.494 e. The van der Waals surface area contributed by atoms with Gasteiger partial charge in [0.25, 0.3) is 5.91 Å². The lowest BCUT2D eigenvalue weighted by Crippen LogP contribution is -2.44. The van der Waals surface area contributed by atoms with E-state index in [0.717, 1.165) is 0 Å². The van der Waals surface area contributed by atoms with E-state index in [1.807, 2.05) is 20.8 Å². The van der Waals surface area contributed by atoms with Gasteiger partial charge in [-0.25, -0.2) is 4.79 Å². The summed E-state index contributed by atoms with van der Waals surface area (Å²) >= 11 is 0. The summed E-state index contributed by atoms with van der Waals surface area (Å²) < 4.78 is 5.59. The zero-order valence-electron chi connectivity index (χ0n) is 15.5. The molecule has 6 nitrogen and oxygen atoms in total. The van der Waals surface area contributed by atoms with Crippen LogP contribution in [0.4, 0.5) is 4.79 Å². The fourth-order valence-corrected chi connectivity index (χ4v) is 3.23. The van der Waals surface area contributed by atoms with Gasteiger partial charge in [-0.15, -0.1) is 0 Å². The van der Waals surface area contributed by atoms with Crippen LogP contribution in [0.25, 0.3) is 0 Å². The number of carbonyl (C=O) groups excluding carboxylic acids is 3. The van der Waals surface area contributed by atoms with E-state index < -0.39 is 11.6 Å². The number of hydrogen-bond donors (Lipinski definition) is 1. The molecule has 136 valence electrons. The summed E-state index contributed by atoms with van der Waals surface area (Å²) in [5.74, 6) is 0.521. The second-order valence-electron chi connectivity index (χ2n) is 7.06. The van der Waals surface area contributed by atoms with Crippen LogP contribution in [-0.2, 0) is 11.3 Å². The highest BCUT2D eigenvalue weighted by molar-refractivity contribution is 6.06. The highest BCUT2D eigenvalue weighted by atomic mass is 16.5. The van der Waals surface area contributed by atoms with Crippen LogP contribution in [0.2, 0.25) is 0 Å². The largest absolute Gasteiger partial charge is 0.494 e. The third-order valence-corrected chi connectivity index (χ3v) is 4.26. The lowest BCUT2D eigenvalue weighted by atomic mass is 9.91. The third kappa shape index (κ3) is 4.00. The van der Waals surface area contributed by atoms with Crippen LogP contribution in [-0.4, -0.2) is 34.8 Å². The number of nitrogens with zero attached hydrogens (tertiary/aromatic N) is 1. The number of nitrogens with one attached hydrogen (secondary N) is 1. The Morgan fingerprint density at radius 2 is 2.00 bits per heavy atom. The van der Waals surface area contributed by atoms with Crippen LogP contribution >= 0.6 is 0 Å². The summed E-state index contributed by atoms with van der Waals surface area (Å²) in [4.78, 5) is 38.0. The Kier molecular flexibility index (Phi) is 5.50. The van der Waals surface area contributed by atoms with Gasteiger partial charge in [0.15, 0.2) is 5.78 Å². The van der Waals surface area contributed by atoms with E-state index in [-0.39, 0.29) is 24.2 Å². The molecule has 1 aromatic rings. The average Bonchev–Trinajstić information content (AvgIpc) is 2.71. The standard InChI is InChI=1S/C19H26N2O4/c1-6-25-16-8-7-14(13(4)22)9-15(16)11-21-17(23)19(5,10-12(2)3)20-18(21)24/h7-9,12H,6,10-11H2,1-5H3,(H,20,24). The van der Waals surface area contributed by atoms with Crippen LogP contribution in [0.3, 0.4) is 0 Å². The lowest BCUT2D eigenvalue weighted by molar-refractivity contribution is -0.131. The minimum absolute atomic E-state index is 0.0776. The Balaban J connectivity index is 2.32. The molecule has 0 saturated carbocycles. The van der Waals surface area contributed by atoms with Gasteiger partial charge in [-0.05, 0) is 51.3 Å². The summed E-state index contributed by atoms with van der Waals surface area (Å²) in [6.45, 7) is 9.64. The average molecular weight is 346 g/mol. The number of ether oxygens (including phenoxy) is 1. The molecule has 1 saturated heterocycles. The first-order chi connectivity index (χ1) is 11.7. The van der Waals surface area contributed by atoms with E-state index >= 15 is 0 Å². The van der Waals surface area contributed by atoms with Crippen molar-refractivity contribution >= 4 is 17.7 Å². The Bertz CT molecular complexity index is 699. The number of imide groups is 1. The topological polar surface area (TPSA) is 75.7 Å². The number of hydrogen-bond acceptors (Lipinski definition) is 4. The monoisotopic (exact) mass is 346 g/mol. The van der Waals surface area contributed by atoms with Crippen LogP contribution in [0.1, 0.15) is 57.0 Å². The number of amides is 3. The van der Waals surface area contributed by atoms with Gasteiger partial charge in [-0.3, -0.25) is 14.5 Å². The molecule has 1 heterocycles. The molecule has 0 radical (unpaired) electrons. The summed E-state index contributed by atoms with van der Waals surface area (Å²) in [6, 6.07) is 4.67. The van der Waals surface area contributed by atoms with Crippen molar-refractivity contribution in [3.63, 3.8) is 0 Å². The Labute approximate surface area is 148 Å².